The van der Waals surface area contributed by atoms with E-state index in [0.29, 0.717) is 6.54 Å². The summed E-state index contributed by atoms with van der Waals surface area (Å²) in [5, 5.41) is 2.87. The van der Waals surface area contributed by atoms with E-state index >= 15 is 0 Å². The summed E-state index contributed by atoms with van der Waals surface area (Å²) in [5.74, 6) is 1.13. The third-order valence-corrected chi connectivity index (χ3v) is 6.51. The Morgan fingerprint density at radius 1 is 1.20 bits per heavy atom. The first-order chi connectivity index (χ1) is 11.8. The zero-order valence-electron chi connectivity index (χ0n) is 15.5. The van der Waals surface area contributed by atoms with Crippen molar-refractivity contribution in [2.24, 2.45) is 11.8 Å². The highest BCUT2D eigenvalue weighted by atomic mass is 32.2. The number of benzene rings is 1. The fourth-order valence-electron chi connectivity index (χ4n) is 3.66. The van der Waals surface area contributed by atoms with Crippen molar-refractivity contribution in [3.05, 3.63) is 29.8 Å². The van der Waals surface area contributed by atoms with Gasteiger partial charge in [-0.25, -0.2) is 8.42 Å². The molecule has 1 heterocycles. The maximum absolute atomic E-state index is 12.4. The summed E-state index contributed by atoms with van der Waals surface area (Å²) < 4.78 is 24.3. The van der Waals surface area contributed by atoms with Gasteiger partial charge in [-0.1, -0.05) is 32.9 Å². The van der Waals surface area contributed by atoms with Crippen LogP contribution in [0.25, 0.3) is 0 Å². The van der Waals surface area contributed by atoms with Gasteiger partial charge in [-0.15, -0.1) is 0 Å². The van der Waals surface area contributed by atoms with E-state index in [4.69, 9.17) is 0 Å². The van der Waals surface area contributed by atoms with E-state index in [0.717, 1.165) is 37.9 Å². The van der Waals surface area contributed by atoms with Crippen molar-refractivity contribution in [2.75, 3.05) is 31.9 Å². The normalized spacial score (nSPS) is 21.9. The van der Waals surface area contributed by atoms with E-state index in [1.165, 1.54) is 12.5 Å². The third-order valence-electron chi connectivity index (χ3n) is 4.73. The molecule has 0 aromatic heterocycles. The number of carbonyl (C=O) groups excluding carboxylic acids is 1. The average molecular weight is 367 g/mol. The topological polar surface area (TPSA) is 66.5 Å². The highest BCUT2D eigenvalue weighted by Gasteiger charge is 2.22. The Morgan fingerprint density at radius 2 is 1.84 bits per heavy atom. The molecule has 0 saturated carbocycles. The van der Waals surface area contributed by atoms with Gasteiger partial charge in [0.05, 0.1) is 16.2 Å². The number of nitrogens with one attached hydrogen (secondary N) is 1. The lowest BCUT2D eigenvalue weighted by Gasteiger charge is -2.34. The van der Waals surface area contributed by atoms with Crippen LogP contribution in [0, 0.1) is 11.8 Å². The molecular weight excluding hydrogens is 336 g/mol. The van der Waals surface area contributed by atoms with Crippen LogP contribution in [0.4, 0.5) is 0 Å². The number of sulfone groups is 1. The number of hydrogen-bond acceptors (Lipinski definition) is 4. The van der Waals surface area contributed by atoms with Crippen molar-refractivity contribution in [3.8, 4) is 0 Å². The predicted octanol–water partition coefficient (Wildman–Crippen LogP) is 2.58. The lowest BCUT2D eigenvalue weighted by Crippen LogP contribution is -2.40. The molecular formula is C19H30N2O3S. The number of hydrogen-bond donors (Lipinski definition) is 1. The molecule has 0 radical (unpaired) electrons. The molecule has 1 aromatic rings. The summed E-state index contributed by atoms with van der Waals surface area (Å²) in [6.45, 7) is 9.92. The number of amides is 1. The summed E-state index contributed by atoms with van der Waals surface area (Å²) in [4.78, 5) is 15.0. The van der Waals surface area contributed by atoms with Crippen LogP contribution >= 0.6 is 0 Å². The van der Waals surface area contributed by atoms with Crippen molar-refractivity contribution in [2.45, 2.75) is 38.5 Å². The molecule has 1 aliphatic rings. The van der Waals surface area contributed by atoms with Gasteiger partial charge in [-0.2, -0.15) is 0 Å². The van der Waals surface area contributed by atoms with E-state index in [2.05, 4.69) is 24.1 Å². The largest absolute Gasteiger partial charge is 0.352 e. The summed E-state index contributed by atoms with van der Waals surface area (Å²) in [5.41, 5.74) is 0.240. The Kier molecular flexibility index (Phi) is 7.02. The van der Waals surface area contributed by atoms with Crippen LogP contribution in [0.2, 0.25) is 0 Å². The van der Waals surface area contributed by atoms with Crippen molar-refractivity contribution in [1.29, 1.82) is 0 Å². The quantitative estimate of drug-likeness (QED) is 0.753. The molecule has 5 nitrogen and oxygen atoms in total. The Bertz CT molecular complexity index is 678. The first-order valence-corrected chi connectivity index (χ1v) is 10.8. The second kappa shape index (κ2) is 8.81. The van der Waals surface area contributed by atoms with Crippen molar-refractivity contribution in [1.82, 2.24) is 10.2 Å². The minimum Gasteiger partial charge on any atom is -0.352 e. The molecule has 0 aliphatic carbocycles. The molecule has 1 amide bonds. The summed E-state index contributed by atoms with van der Waals surface area (Å²) in [7, 11) is -3.40. The van der Waals surface area contributed by atoms with Crippen LogP contribution in [0.5, 0.6) is 0 Å². The molecule has 1 N–H and O–H groups in total. The second-order valence-corrected chi connectivity index (χ2v) is 9.46. The molecule has 140 valence electrons. The van der Waals surface area contributed by atoms with Crippen molar-refractivity contribution >= 4 is 15.7 Å². The Labute approximate surface area is 151 Å². The smallest absolute Gasteiger partial charge is 0.252 e. The number of likely N-dealkylation sites (tertiary alicyclic amines) is 1. The van der Waals surface area contributed by atoms with Gasteiger partial charge in [0.25, 0.3) is 5.91 Å². The van der Waals surface area contributed by atoms with Crippen LogP contribution in [0.1, 0.15) is 44.0 Å². The number of rotatable bonds is 7. The number of nitrogens with zero attached hydrogens (tertiary/aromatic N) is 1. The molecule has 1 saturated heterocycles. The van der Waals surface area contributed by atoms with E-state index in [1.54, 1.807) is 25.1 Å². The molecule has 6 heteroatoms. The van der Waals surface area contributed by atoms with E-state index in [-0.39, 0.29) is 22.1 Å². The molecule has 1 fully saturated rings. The lowest BCUT2D eigenvalue weighted by atomic mass is 9.92. The van der Waals surface area contributed by atoms with Crippen LogP contribution in [-0.4, -0.2) is 51.2 Å². The highest BCUT2D eigenvalue weighted by Crippen LogP contribution is 2.21. The SMILES string of the molecule is CCS(=O)(=O)c1ccccc1C(=O)NCCCN1C[C@@H](C)C[C@H](C)C1. The summed E-state index contributed by atoms with van der Waals surface area (Å²) in [6.07, 6.45) is 2.16. The van der Waals surface area contributed by atoms with Gasteiger partial charge in [0, 0.05) is 19.6 Å². The van der Waals surface area contributed by atoms with Crippen molar-refractivity contribution in [3.63, 3.8) is 0 Å². The molecule has 0 spiro atoms. The minimum atomic E-state index is -3.40. The van der Waals surface area contributed by atoms with Gasteiger partial charge < -0.3 is 10.2 Å². The van der Waals surface area contributed by atoms with Crippen LogP contribution in [0.15, 0.2) is 29.2 Å². The Morgan fingerprint density at radius 3 is 2.48 bits per heavy atom. The molecule has 2 rings (SSSR count). The maximum atomic E-state index is 12.4. The monoisotopic (exact) mass is 366 g/mol. The predicted molar refractivity (Wildman–Crippen MR) is 101 cm³/mol. The Hall–Kier alpha value is -1.40. The second-order valence-electron chi connectivity index (χ2n) is 7.21. The number of carbonyl (C=O) groups is 1. The van der Waals surface area contributed by atoms with Crippen LogP contribution in [0.3, 0.4) is 0 Å². The zero-order valence-corrected chi connectivity index (χ0v) is 16.3. The van der Waals surface area contributed by atoms with Gasteiger partial charge in [0.1, 0.15) is 0 Å². The van der Waals surface area contributed by atoms with E-state index < -0.39 is 9.84 Å². The highest BCUT2D eigenvalue weighted by molar-refractivity contribution is 7.91. The first-order valence-electron chi connectivity index (χ1n) is 9.15. The van der Waals surface area contributed by atoms with Gasteiger partial charge >= 0.3 is 0 Å². The molecule has 1 aromatic carbocycles. The Balaban J connectivity index is 1.87. The van der Waals surface area contributed by atoms with Gasteiger partial charge in [0.15, 0.2) is 9.84 Å². The molecule has 2 atom stereocenters. The molecule has 1 aliphatic heterocycles. The van der Waals surface area contributed by atoms with Crippen LogP contribution < -0.4 is 5.32 Å². The summed E-state index contributed by atoms with van der Waals surface area (Å²) in [6, 6.07) is 6.42. The minimum absolute atomic E-state index is 0.0113. The van der Waals surface area contributed by atoms with Gasteiger partial charge in [-0.3, -0.25) is 4.79 Å². The van der Waals surface area contributed by atoms with Gasteiger partial charge in [-0.05, 0) is 43.4 Å². The molecule has 0 bridgehead atoms. The van der Waals surface area contributed by atoms with Gasteiger partial charge in [0.2, 0.25) is 0 Å². The lowest BCUT2D eigenvalue weighted by molar-refractivity contribution is 0.0944. The first kappa shape index (κ1) is 19.9. The fraction of sp³-hybridized carbons (Fsp3) is 0.632. The number of piperidine rings is 1. The van der Waals surface area contributed by atoms with Crippen LogP contribution in [-0.2, 0) is 9.84 Å². The third kappa shape index (κ3) is 5.54. The molecule has 0 unspecified atom stereocenters. The maximum Gasteiger partial charge on any atom is 0.252 e. The summed E-state index contributed by atoms with van der Waals surface area (Å²) >= 11 is 0. The zero-order chi connectivity index (χ0) is 18.4. The van der Waals surface area contributed by atoms with E-state index in [1.807, 2.05) is 0 Å². The standard InChI is InChI=1S/C19H30N2O3S/c1-4-25(23,24)18-9-6-5-8-17(18)19(22)20-10-7-11-21-13-15(2)12-16(3)14-21/h5-6,8-9,15-16H,4,7,10-14H2,1-3H3,(H,20,22)/t15-,16-/m0/s1. The van der Waals surface area contributed by atoms with Crippen molar-refractivity contribution < 1.29 is 13.2 Å². The van der Waals surface area contributed by atoms with E-state index in [9.17, 15) is 13.2 Å². The average Bonchev–Trinajstić information content (AvgIpc) is 2.57. The fourth-order valence-corrected chi connectivity index (χ4v) is 4.75. The molecule has 25 heavy (non-hydrogen) atoms.